The summed E-state index contributed by atoms with van der Waals surface area (Å²) in [5, 5.41) is 3.68. The number of rotatable bonds is 5. The zero-order valence-electron chi connectivity index (χ0n) is 12.1. The number of amides is 1. The third-order valence-electron chi connectivity index (χ3n) is 3.54. The van der Waals surface area contributed by atoms with Crippen molar-refractivity contribution in [1.29, 1.82) is 0 Å². The lowest BCUT2D eigenvalue weighted by molar-refractivity contribution is -0.129. The summed E-state index contributed by atoms with van der Waals surface area (Å²) in [6.07, 6.45) is 3.48. The molecule has 1 amide bonds. The van der Waals surface area contributed by atoms with E-state index in [0.29, 0.717) is 23.9 Å². The van der Waals surface area contributed by atoms with Crippen LogP contribution in [0.4, 0.5) is 5.82 Å². The summed E-state index contributed by atoms with van der Waals surface area (Å²) in [4.78, 5) is 22.5. The van der Waals surface area contributed by atoms with Gasteiger partial charge >= 0.3 is 0 Å². The summed E-state index contributed by atoms with van der Waals surface area (Å²) in [5.41, 5.74) is 0.831. The maximum Gasteiger partial charge on any atom is 0.224 e. The number of nitrogens with one attached hydrogen (secondary N) is 1. The highest BCUT2D eigenvalue weighted by molar-refractivity contribution is 6.30. The van der Waals surface area contributed by atoms with Gasteiger partial charge in [-0.25, -0.2) is 9.97 Å². The molecule has 0 spiro atoms. The topological polar surface area (TPSA) is 58.1 Å². The Morgan fingerprint density at radius 3 is 2.70 bits per heavy atom. The van der Waals surface area contributed by atoms with E-state index in [1.807, 2.05) is 18.7 Å². The van der Waals surface area contributed by atoms with Gasteiger partial charge in [-0.1, -0.05) is 18.5 Å². The summed E-state index contributed by atoms with van der Waals surface area (Å²) < 4.78 is 0. The van der Waals surface area contributed by atoms with Gasteiger partial charge in [-0.15, -0.1) is 0 Å². The van der Waals surface area contributed by atoms with Crippen molar-refractivity contribution in [3.05, 3.63) is 16.5 Å². The molecule has 1 aromatic heterocycles. The molecule has 0 saturated carbocycles. The molecule has 20 heavy (non-hydrogen) atoms. The SMILES string of the molecule is CCc1nc(Cl)c(C)c(NCCC(=O)N2CCCC2)n1. The van der Waals surface area contributed by atoms with Crippen molar-refractivity contribution in [1.82, 2.24) is 14.9 Å². The van der Waals surface area contributed by atoms with Crippen LogP contribution < -0.4 is 5.32 Å². The minimum absolute atomic E-state index is 0.212. The van der Waals surface area contributed by atoms with E-state index in [4.69, 9.17) is 11.6 Å². The maximum absolute atomic E-state index is 11.9. The molecule has 1 aromatic rings. The molecular formula is C14H21ClN4O. The van der Waals surface area contributed by atoms with Gasteiger partial charge in [-0.3, -0.25) is 4.79 Å². The summed E-state index contributed by atoms with van der Waals surface area (Å²) in [6, 6.07) is 0. The van der Waals surface area contributed by atoms with Crippen molar-refractivity contribution in [2.24, 2.45) is 0 Å². The fourth-order valence-corrected chi connectivity index (χ4v) is 2.46. The van der Waals surface area contributed by atoms with Gasteiger partial charge in [0.25, 0.3) is 0 Å². The van der Waals surface area contributed by atoms with Gasteiger partial charge in [0.2, 0.25) is 5.91 Å². The molecule has 5 nitrogen and oxygen atoms in total. The zero-order chi connectivity index (χ0) is 14.5. The van der Waals surface area contributed by atoms with Crippen molar-refractivity contribution < 1.29 is 4.79 Å². The Morgan fingerprint density at radius 1 is 1.35 bits per heavy atom. The van der Waals surface area contributed by atoms with E-state index in [2.05, 4.69) is 15.3 Å². The molecule has 2 rings (SSSR count). The van der Waals surface area contributed by atoms with Crippen LogP contribution in [-0.4, -0.2) is 40.4 Å². The van der Waals surface area contributed by atoms with Crippen molar-refractivity contribution in [3.63, 3.8) is 0 Å². The van der Waals surface area contributed by atoms with E-state index in [-0.39, 0.29) is 5.91 Å². The molecule has 0 aliphatic carbocycles. The van der Waals surface area contributed by atoms with Crippen LogP contribution in [0, 0.1) is 6.92 Å². The third-order valence-corrected chi connectivity index (χ3v) is 3.91. The standard InChI is InChI=1S/C14H21ClN4O/c1-3-11-17-13(15)10(2)14(18-11)16-7-6-12(20)19-8-4-5-9-19/h3-9H2,1-2H3,(H,16,17,18). The van der Waals surface area contributed by atoms with Gasteiger partial charge < -0.3 is 10.2 Å². The highest BCUT2D eigenvalue weighted by Crippen LogP contribution is 2.20. The first kappa shape index (κ1) is 15.0. The highest BCUT2D eigenvalue weighted by Gasteiger charge is 2.17. The van der Waals surface area contributed by atoms with Crippen LogP contribution in [0.3, 0.4) is 0 Å². The molecular weight excluding hydrogens is 276 g/mol. The summed E-state index contributed by atoms with van der Waals surface area (Å²) >= 11 is 6.08. The largest absolute Gasteiger partial charge is 0.369 e. The fraction of sp³-hybridized carbons (Fsp3) is 0.643. The quantitative estimate of drug-likeness (QED) is 0.848. The number of aromatic nitrogens is 2. The average Bonchev–Trinajstić information content (AvgIpc) is 2.97. The van der Waals surface area contributed by atoms with Crippen molar-refractivity contribution >= 4 is 23.3 Å². The third kappa shape index (κ3) is 3.60. The van der Waals surface area contributed by atoms with Gasteiger partial charge in [-0.05, 0) is 19.8 Å². The van der Waals surface area contributed by atoms with Gasteiger partial charge in [0.15, 0.2) is 0 Å². The van der Waals surface area contributed by atoms with Crippen molar-refractivity contribution in [2.75, 3.05) is 25.0 Å². The molecule has 0 aromatic carbocycles. The zero-order valence-corrected chi connectivity index (χ0v) is 12.8. The molecule has 0 radical (unpaired) electrons. The van der Waals surface area contributed by atoms with Gasteiger partial charge in [0, 0.05) is 38.0 Å². The van der Waals surface area contributed by atoms with Gasteiger partial charge in [0.1, 0.15) is 16.8 Å². The molecule has 0 atom stereocenters. The Labute approximate surface area is 124 Å². The van der Waals surface area contributed by atoms with Crippen molar-refractivity contribution in [2.45, 2.75) is 39.5 Å². The summed E-state index contributed by atoms with van der Waals surface area (Å²) in [7, 11) is 0. The van der Waals surface area contributed by atoms with E-state index >= 15 is 0 Å². The number of hydrogen-bond donors (Lipinski definition) is 1. The number of aryl methyl sites for hydroxylation is 1. The number of likely N-dealkylation sites (tertiary alicyclic amines) is 1. The first-order valence-corrected chi connectivity index (χ1v) is 7.54. The molecule has 1 saturated heterocycles. The van der Waals surface area contributed by atoms with Crippen LogP contribution in [0.2, 0.25) is 5.15 Å². The molecule has 0 unspecified atom stereocenters. The van der Waals surface area contributed by atoms with E-state index < -0.39 is 0 Å². The monoisotopic (exact) mass is 296 g/mol. The second-order valence-corrected chi connectivity index (χ2v) is 5.38. The molecule has 0 bridgehead atoms. The lowest BCUT2D eigenvalue weighted by Crippen LogP contribution is -2.29. The number of carbonyl (C=O) groups is 1. The number of halogens is 1. The smallest absolute Gasteiger partial charge is 0.224 e. The molecule has 1 aliphatic rings. The molecule has 1 aliphatic heterocycles. The molecule has 1 fully saturated rings. The van der Waals surface area contributed by atoms with Crippen molar-refractivity contribution in [3.8, 4) is 0 Å². The normalized spacial score (nSPS) is 14.7. The van der Waals surface area contributed by atoms with E-state index in [1.54, 1.807) is 0 Å². The Hall–Kier alpha value is -1.36. The van der Waals surface area contributed by atoms with E-state index in [0.717, 1.165) is 43.7 Å². The molecule has 110 valence electrons. The Morgan fingerprint density at radius 2 is 2.05 bits per heavy atom. The molecule has 1 N–H and O–H groups in total. The maximum atomic E-state index is 11.9. The lowest BCUT2D eigenvalue weighted by Gasteiger charge is -2.16. The summed E-state index contributed by atoms with van der Waals surface area (Å²) in [6.45, 7) is 6.25. The molecule has 6 heteroatoms. The van der Waals surface area contributed by atoms with Crippen LogP contribution in [-0.2, 0) is 11.2 Å². The number of nitrogens with zero attached hydrogens (tertiary/aromatic N) is 3. The fourth-order valence-electron chi connectivity index (χ4n) is 2.28. The lowest BCUT2D eigenvalue weighted by atomic mass is 10.3. The van der Waals surface area contributed by atoms with E-state index in [1.165, 1.54) is 0 Å². The second kappa shape index (κ2) is 6.88. The van der Waals surface area contributed by atoms with Gasteiger partial charge in [-0.2, -0.15) is 0 Å². The molecule has 2 heterocycles. The predicted octanol–water partition coefficient (Wildman–Crippen LogP) is 2.43. The van der Waals surface area contributed by atoms with E-state index in [9.17, 15) is 4.79 Å². The number of carbonyl (C=O) groups excluding carboxylic acids is 1. The minimum atomic E-state index is 0.212. The Bertz CT molecular complexity index is 486. The Kier molecular flexibility index (Phi) is 5.17. The predicted molar refractivity (Wildman–Crippen MR) is 80.1 cm³/mol. The number of hydrogen-bond acceptors (Lipinski definition) is 4. The highest BCUT2D eigenvalue weighted by atomic mass is 35.5. The Balaban J connectivity index is 1.90. The minimum Gasteiger partial charge on any atom is -0.369 e. The van der Waals surface area contributed by atoms with Gasteiger partial charge in [0.05, 0.1) is 0 Å². The van der Waals surface area contributed by atoms with Crippen LogP contribution in [0.25, 0.3) is 0 Å². The van der Waals surface area contributed by atoms with Crippen LogP contribution >= 0.6 is 11.6 Å². The van der Waals surface area contributed by atoms with Crippen LogP contribution in [0.15, 0.2) is 0 Å². The first-order chi connectivity index (χ1) is 9.61. The first-order valence-electron chi connectivity index (χ1n) is 7.16. The number of anilines is 1. The average molecular weight is 297 g/mol. The van der Waals surface area contributed by atoms with Crippen LogP contribution in [0.5, 0.6) is 0 Å². The second-order valence-electron chi connectivity index (χ2n) is 5.02. The summed E-state index contributed by atoms with van der Waals surface area (Å²) in [5.74, 6) is 1.66. The van der Waals surface area contributed by atoms with Crippen LogP contribution in [0.1, 0.15) is 37.6 Å².